The van der Waals surface area contributed by atoms with Crippen LogP contribution in [0.4, 0.5) is 5.69 Å². The molecule has 21 heavy (non-hydrogen) atoms. The van der Waals surface area contributed by atoms with Crippen molar-refractivity contribution in [2.45, 2.75) is 19.3 Å². The Morgan fingerprint density at radius 1 is 1.29 bits per heavy atom. The third-order valence-electron chi connectivity index (χ3n) is 2.85. The first-order valence-corrected chi connectivity index (χ1v) is 7.03. The summed E-state index contributed by atoms with van der Waals surface area (Å²) in [7, 11) is 0. The second-order valence-electron chi connectivity index (χ2n) is 4.46. The van der Waals surface area contributed by atoms with Crippen LogP contribution in [0.15, 0.2) is 23.3 Å². The first kappa shape index (κ1) is 15.6. The Hall–Kier alpha value is -1.79. The summed E-state index contributed by atoms with van der Waals surface area (Å²) in [4.78, 5) is 21.9. The smallest absolute Gasteiger partial charge is 0.303 e. The van der Waals surface area contributed by atoms with Crippen molar-refractivity contribution >= 4 is 46.6 Å². The molecule has 0 saturated heterocycles. The monoisotopic (exact) mass is 329 g/mol. The maximum Gasteiger partial charge on any atom is 0.303 e. The van der Waals surface area contributed by atoms with E-state index in [-0.39, 0.29) is 18.7 Å². The molecule has 1 aromatic rings. The van der Waals surface area contributed by atoms with E-state index in [9.17, 15) is 9.59 Å². The first-order valence-electron chi connectivity index (χ1n) is 6.27. The molecule has 1 aliphatic rings. The molecule has 2 rings (SSSR count). The molecule has 0 spiro atoms. The normalized spacial score (nSPS) is 14.0. The minimum absolute atomic E-state index is 0.0683. The summed E-state index contributed by atoms with van der Waals surface area (Å²) in [5, 5.41) is 18.0. The number of carbonyl (C=O) groups excluding carboxylic acids is 1. The van der Waals surface area contributed by atoms with Crippen LogP contribution in [0.25, 0.3) is 0 Å². The van der Waals surface area contributed by atoms with Crippen LogP contribution < -0.4 is 10.3 Å². The number of hydrogen-bond acceptors (Lipinski definition) is 4. The molecule has 1 aliphatic heterocycles. The van der Waals surface area contributed by atoms with Gasteiger partial charge in [-0.25, -0.2) is 0 Å². The molecular formula is C13H13Cl2N3O3. The number of carbonyl (C=O) groups is 2. The van der Waals surface area contributed by atoms with E-state index >= 15 is 0 Å². The zero-order valence-corrected chi connectivity index (χ0v) is 12.5. The average molecular weight is 330 g/mol. The van der Waals surface area contributed by atoms with Gasteiger partial charge in [-0.1, -0.05) is 23.2 Å². The molecule has 0 saturated carbocycles. The van der Waals surface area contributed by atoms with Crippen LogP contribution in [-0.4, -0.2) is 29.4 Å². The highest BCUT2D eigenvalue weighted by Crippen LogP contribution is 2.28. The number of carboxylic acid groups (broad SMARTS) is 1. The maximum absolute atomic E-state index is 11.5. The van der Waals surface area contributed by atoms with Crippen molar-refractivity contribution in [3.05, 3.63) is 28.2 Å². The zero-order chi connectivity index (χ0) is 15.4. The van der Waals surface area contributed by atoms with Gasteiger partial charge >= 0.3 is 5.97 Å². The molecule has 1 heterocycles. The minimum Gasteiger partial charge on any atom is -0.481 e. The van der Waals surface area contributed by atoms with E-state index in [2.05, 4.69) is 10.4 Å². The van der Waals surface area contributed by atoms with Gasteiger partial charge in [-0.15, -0.1) is 0 Å². The van der Waals surface area contributed by atoms with E-state index in [0.29, 0.717) is 28.8 Å². The molecule has 8 heteroatoms. The topological polar surface area (TPSA) is 82.0 Å². The summed E-state index contributed by atoms with van der Waals surface area (Å²) in [6, 6.07) is 5.16. The third kappa shape index (κ3) is 4.34. The fraction of sp³-hybridized carbons (Fsp3) is 0.308. The van der Waals surface area contributed by atoms with E-state index in [1.807, 2.05) is 0 Å². The van der Waals surface area contributed by atoms with Gasteiger partial charge in [-0.2, -0.15) is 5.10 Å². The predicted molar refractivity (Wildman–Crippen MR) is 80.9 cm³/mol. The van der Waals surface area contributed by atoms with Crippen LogP contribution in [0.3, 0.4) is 0 Å². The number of halogens is 2. The van der Waals surface area contributed by atoms with Crippen LogP contribution >= 0.6 is 23.2 Å². The third-order valence-corrected chi connectivity index (χ3v) is 3.59. The van der Waals surface area contributed by atoms with Crippen LogP contribution in [0.1, 0.15) is 19.3 Å². The first-order chi connectivity index (χ1) is 9.95. The second kappa shape index (κ2) is 6.78. The van der Waals surface area contributed by atoms with E-state index in [4.69, 9.17) is 28.3 Å². The van der Waals surface area contributed by atoms with Crippen LogP contribution in [0.2, 0.25) is 10.0 Å². The van der Waals surface area contributed by atoms with Gasteiger partial charge in [0.25, 0.3) is 0 Å². The molecule has 0 unspecified atom stereocenters. The molecule has 2 N–H and O–H groups in total. The Morgan fingerprint density at radius 3 is 2.71 bits per heavy atom. The number of hydrogen-bond donors (Lipinski definition) is 2. The van der Waals surface area contributed by atoms with Gasteiger partial charge in [0.15, 0.2) is 0 Å². The molecule has 0 aromatic heterocycles. The van der Waals surface area contributed by atoms with Crippen molar-refractivity contribution in [1.29, 1.82) is 0 Å². The molecule has 0 fully saturated rings. The highest BCUT2D eigenvalue weighted by molar-refractivity contribution is 6.42. The summed E-state index contributed by atoms with van der Waals surface area (Å²) in [6.07, 6.45) is 0.301. The van der Waals surface area contributed by atoms with Crippen LogP contribution in [0, 0.1) is 0 Å². The number of amides is 1. The molecule has 1 amide bonds. The standard InChI is InChI=1S/C13H13Cl2N3O3/c14-9-2-1-8(7-10(9)15)18-6-5-11(17-18)16-12(19)3-4-13(20)21/h1-2,7H,3-6H2,(H,20,21)(H,16,17,19). The van der Waals surface area contributed by atoms with Crippen molar-refractivity contribution in [3.63, 3.8) is 0 Å². The van der Waals surface area contributed by atoms with Gasteiger partial charge in [-0.3, -0.25) is 14.6 Å². The lowest BCUT2D eigenvalue weighted by Crippen LogP contribution is -2.29. The van der Waals surface area contributed by atoms with Gasteiger partial charge in [0.05, 0.1) is 22.2 Å². The number of carboxylic acids is 1. The van der Waals surface area contributed by atoms with Crippen molar-refractivity contribution in [3.8, 4) is 0 Å². The number of hydrazone groups is 1. The SMILES string of the molecule is O=C(O)CCC(=O)NC1=NN(c2ccc(Cl)c(Cl)c2)CC1. The lowest BCUT2D eigenvalue weighted by atomic mass is 10.3. The summed E-state index contributed by atoms with van der Waals surface area (Å²) >= 11 is 11.8. The Bertz CT molecular complexity index is 604. The molecule has 112 valence electrons. The molecule has 1 aromatic carbocycles. The lowest BCUT2D eigenvalue weighted by Gasteiger charge is -2.13. The largest absolute Gasteiger partial charge is 0.481 e. The van der Waals surface area contributed by atoms with Crippen molar-refractivity contribution in [2.75, 3.05) is 11.6 Å². The Kier molecular flexibility index (Phi) is 5.03. The van der Waals surface area contributed by atoms with Gasteiger partial charge in [0, 0.05) is 19.4 Å². The summed E-state index contributed by atoms with van der Waals surface area (Å²) in [6.45, 7) is 0.604. The number of benzene rings is 1. The Balaban J connectivity index is 1.97. The fourth-order valence-corrected chi connectivity index (χ4v) is 2.11. The molecule has 0 aliphatic carbocycles. The number of anilines is 1. The molecule has 0 bridgehead atoms. The summed E-state index contributed by atoms with van der Waals surface area (Å²) in [5.74, 6) is -0.848. The zero-order valence-electron chi connectivity index (χ0n) is 11.0. The van der Waals surface area contributed by atoms with Gasteiger partial charge in [-0.05, 0) is 18.2 Å². The van der Waals surface area contributed by atoms with Gasteiger partial charge < -0.3 is 10.4 Å². The highest BCUT2D eigenvalue weighted by atomic mass is 35.5. The number of nitrogens with one attached hydrogen (secondary N) is 1. The van der Waals surface area contributed by atoms with E-state index in [0.717, 1.165) is 5.69 Å². The van der Waals surface area contributed by atoms with E-state index < -0.39 is 5.97 Å². The van der Waals surface area contributed by atoms with Crippen molar-refractivity contribution in [2.24, 2.45) is 5.10 Å². The predicted octanol–water partition coefficient (Wildman–Crippen LogP) is 2.50. The van der Waals surface area contributed by atoms with Gasteiger partial charge in [0.1, 0.15) is 5.84 Å². The molecular weight excluding hydrogens is 317 g/mol. The maximum atomic E-state index is 11.5. The Morgan fingerprint density at radius 2 is 2.05 bits per heavy atom. The summed E-state index contributed by atoms with van der Waals surface area (Å²) < 4.78 is 0. The number of rotatable bonds is 4. The number of amidine groups is 1. The molecule has 6 nitrogen and oxygen atoms in total. The Labute approximate surface area is 131 Å². The van der Waals surface area contributed by atoms with E-state index in [1.165, 1.54) is 0 Å². The minimum atomic E-state index is -1.00. The fourth-order valence-electron chi connectivity index (χ4n) is 1.82. The van der Waals surface area contributed by atoms with Crippen LogP contribution in [-0.2, 0) is 9.59 Å². The number of aliphatic carboxylic acids is 1. The molecule has 0 atom stereocenters. The quantitative estimate of drug-likeness (QED) is 0.889. The van der Waals surface area contributed by atoms with Crippen molar-refractivity contribution in [1.82, 2.24) is 5.32 Å². The number of nitrogens with zero attached hydrogens (tertiary/aromatic N) is 2. The van der Waals surface area contributed by atoms with E-state index in [1.54, 1.807) is 23.2 Å². The molecule has 0 radical (unpaired) electrons. The van der Waals surface area contributed by atoms with Crippen molar-refractivity contribution < 1.29 is 14.7 Å². The highest BCUT2D eigenvalue weighted by Gasteiger charge is 2.18. The van der Waals surface area contributed by atoms with Gasteiger partial charge in [0.2, 0.25) is 5.91 Å². The average Bonchev–Trinajstić information content (AvgIpc) is 2.88. The summed E-state index contributed by atoms with van der Waals surface area (Å²) in [5.41, 5.74) is 0.777. The lowest BCUT2D eigenvalue weighted by molar-refractivity contribution is -0.138. The second-order valence-corrected chi connectivity index (χ2v) is 5.27. The van der Waals surface area contributed by atoms with Crippen LogP contribution in [0.5, 0.6) is 0 Å².